The molecule has 2 aromatic carbocycles. The minimum absolute atomic E-state index is 0.226. The number of carbonyl (C=O) groups is 1. The maximum atomic E-state index is 12.5. The number of nitrogens with one attached hydrogen (secondary N) is 2. The van der Waals surface area contributed by atoms with Crippen LogP contribution in [0.2, 0.25) is 0 Å². The lowest BCUT2D eigenvalue weighted by Gasteiger charge is -2.11. The Hall–Kier alpha value is -3.04. The van der Waals surface area contributed by atoms with E-state index in [1.54, 1.807) is 47.0 Å². The van der Waals surface area contributed by atoms with Gasteiger partial charge in [-0.1, -0.05) is 29.8 Å². The van der Waals surface area contributed by atoms with E-state index in [9.17, 15) is 13.2 Å². The van der Waals surface area contributed by atoms with Crippen LogP contribution in [0.3, 0.4) is 0 Å². The van der Waals surface area contributed by atoms with Crippen LogP contribution in [-0.4, -0.2) is 42.2 Å². The number of hydrogen-bond donors (Lipinski definition) is 2. The zero-order valence-corrected chi connectivity index (χ0v) is 16.2. The van der Waals surface area contributed by atoms with E-state index in [1.165, 1.54) is 12.7 Å². The summed E-state index contributed by atoms with van der Waals surface area (Å²) >= 11 is 0. The summed E-state index contributed by atoms with van der Waals surface area (Å²) in [5.41, 5.74) is 2.15. The summed E-state index contributed by atoms with van der Waals surface area (Å²) in [7, 11) is -3.55. The average molecular weight is 399 g/mol. The molecule has 8 nitrogen and oxygen atoms in total. The molecule has 1 aromatic heterocycles. The van der Waals surface area contributed by atoms with Gasteiger partial charge >= 0.3 is 0 Å². The van der Waals surface area contributed by atoms with Crippen molar-refractivity contribution in [3.63, 3.8) is 0 Å². The second-order valence-electron chi connectivity index (χ2n) is 6.21. The van der Waals surface area contributed by atoms with Crippen LogP contribution in [-0.2, 0) is 10.0 Å². The van der Waals surface area contributed by atoms with E-state index in [0.29, 0.717) is 24.2 Å². The number of aryl methyl sites for hydroxylation is 1. The molecule has 0 saturated carbocycles. The Kier molecular flexibility index (Phi) is 6.17. The Morgan fingerprint density at radius 3 is 2.39 bits per heavy atom. The van der Waals surface area contributed by atoms with E-state index < -0.39 is 10.0 Å². The molecule has 1 amide bonds. The molecule has 0 fully saturated rings. The molecule has 28 heavy (non-hydrogen) atoms. The van der Waals surface area contributed by atoms with Gasteiger partial charge < -0.3 is 5.32 Å². The van der Waals surface area contributed by atoms with Crippen LogP contribution in [0.15, 0.2) is 66.1 Å². The molecule has 0 aliphatic heterocycles. The Morgan fingerprint density at radius 1 is 1.00 bits per heavy atom. The van der Waals surface area contributed by atoms with Crippen molar-refractivity contribution in [1.82, 2.24) is 24.8 Å². The second-order valence-corrected chi connectivity index (χ2v) is 7.97. The number of aromatic nitrogens is 3. The maximum Gasteiger partial charge on any atom is 0.253 e. The largest absolute Gasteiger partial charge is 0.352 e. The summed E-state index contributed by atoms with van der Waals surface area (Å²) in [5, 5.41) is 10.3. The van der Waals surface area contributed by atoms with Crippen LogP contribution in [0, 0.1) is 6.92 Å². The van der Waals surface area contributed by atoms with Gasteiger partial charge in [0.1, 0.15) is 12.7 Å². The number of benzene rings is 2. The maximum absolute atomic E-state index is 12.5. The van der Waals surface area contributed by atoms with Crippen molar-refractivity contribution >= 4 is 15.9 Å². The molecular formula is C19H21N5O3S. The summed E-state index contributed by atoms with van der Waals surface area (Å²) in [6.45, 7) is 2.46. The van der Waals surface area contributed by atoms with Gasteiger partial charge in [0.25, 0.3) is 5.91 Å². The smallest absolute Gasteiger partial charge is 0.253 e. The van der Waals surface area contributed by atoms with Crippen molar-refractivity contribution in [2.45, 2.75) is 18.2 Å². The van der Waals surface area contributed by atoms with E-state index in [4.69, 9.17) is 0 Å². The van der Waals surface area contributed by atoms with Gasteiger partial charge in [-0.15, -0.1) is 10.2 Å². The summed E-state index contributed by atoms with van der Waals surface area (Å²) in [4.78, 5) is 12.7. The summed E-state index contributed by atoms with van der Waals surface area (Å²) in [6, 6.07) is 13.8. The molecule has 0 aliphatic rings. The first kappa shape index (κ1) is 19.7. The molecule has 0 unspecified atom stereocenters. The number of rotatable bonds is 8. The molecule has 3 aromatic rings. The van der Waals surface area contributed by atoms with E-state index in [1.807, 2.05) is 13.0 Å². The van der Waals surface area contributed by atoms with E-state index in [0.717, 1.165) is 5.56 Å². The van der Waals surface area contributed by atoms with E-state index in [2.05, 4.69) is 20.2 Å². The first-order valence-corrected chi connectivity index (χ1v) is 10.2. The van der Waals surface area contributed by atoms with Gasteiger partial charge in [0.05, 0.1) is 16.1 Å². The monoisotopic (exact) mass is 399 g/mol. The highest BCUT2D eigenvalue weighted by atomic mass is 32.2. The molecule has 1 heterocycles. The molecule has 0 saturated heterocycles. The van der Waals surface area contributed by atoms with Gasteiger partial charge in [-0.05, 0) is 37.6 Å². The van der Waals surface area contributed by atoms with Crippen LogP contribution in [0.4, 0.5) is 0 Å². The molecule has 9 heteroatoms. The molecule has 146 valence electrons. The van der Waals surface area contributed by atoms with Crippen molar-refractivity contribution in [1.29, 1.82) is 0 Å². The highest BCUT2D eigenvalue weighted by Crippen LogP contribution is 2.13. The Morgan fingerprint density at radius 2 is 1.68 bits per heavy atom. The van der Waals surface area contributed by atoms with Gasteiger partial charge in [0, 0.05) is 13.1 Å². The normalized spacial score (nSPS) is 11.3. The summed E-state index contributed by atoms with van der Waals surface area (Å²) in [5.74, 6) is -0.245. The lowest BCUT2D eigenvalue weighted by atomic mass is 10.1. The molecule has 0 aliphatic carbocycles. The van der Waals surface area contributed by atoms with Gasteiger partial charge in [0.15, 0.2) is 0 Å². The first-order chi connectivity index (χ1) is 13.5. The van der Waals surface area contributed by atoms with Crippen molar-refractivity contribution in [2.24, 2.45) is 0 Å². The number of carbonyl (C=O) groups excluding carboxylic acids is 1. The molecule has 0 atom stereocenters. The standard InChI is InChI=1S/C19H21N5O3S/c1-15-7-9-16(10-8-15)28(26,27)23-12-4-11-20-19(25)17-5-2-3-6-18(17)24-13-21-22-14-24/h2-3,5-10,13-14,23H,4,11-12H2,1H3,(H,20,25). The van der Waals surface area contributed by atoms with Crippen LogP contribution >= 0.6 is 0 Å². The fraction of sp³-hybridized carbons (Fsp3) is 0.211. The van der Waals surface area contributed by atoms with Crippen molar-refractivity contribution in [3.05, 3.63) is 72.3 Å². The summed E-state index contributed by atoms with van der Waals surface area (Å²) < 4.78 is 28.6. The average Bonchev–Trinajstić information content (AvgIpc) is 3.22. The molecular weight excluding hydrogens is 378 g/mol. The number of amides is 1. The predicted octanol–water partition coefficient (Wildman–Crippen LogP) is 1.67. The molecule has 0 bridgehead atoms. The number of sulfonamides is 1. The second kappa shape index (κ2) is 8.77. The third kappa shape index (κ3) is 4.81. The van der Waals surface area contributed by atoms with Gasteiger partial charge in [0.2, 0.25) is 10.0 Å². The van der Waals surface area contributed by atoms with Crippen molar-refractivity contribution < 1.29 is 13.2 Å². The number of para-hydroxylation sites is 1. The third-order valence-electron chi connectivity index (χ3n) is 4.11. The van der Waals surface area contributed by atoms with Crippen LogP contribution < -0.4 is 10.0 Å². The minimum Gasteiger partial charge on any atom is -0.352 e. The van der Waals surface area contributed by atoms with Crippen molar-refractivity contribution in [2.75, 3.05) is 13.1 Å². The third-order valence-corrected chi connectivity index (χ3v) is 5.59. The van der Waals surface area contributed by atoms with Crippen LogP contribution in [0.5, 0.6) is 0 Å². The lowest BCUT2D eigenvalue weighted by Crippen LogP contribution is -2.30. The van der Waals surface area contributed by atoms with Crippen LogP contribution in [0.25, 0.3) is 5.69 Å². The summed E-state index contributed by atoms with van der Waals surface area (Å²) in [6.07, 6.45) is 3.50. The van der Waals surface area contributed by atoms with Crippen LogP contribution in [0.1, 0.15) is 22.3 Å². The predicted molar refractivity (Wildman–Crippen MR) is 105 cm³/mol. The molecule has 0 spiro atoms. The van der Waals surface area contributed by atoms with Gasteiger partial charge in [-0.25, -0.2) is 13.1 Å². The SMILES string of the molecule is Cc1ccc(S(=O)(=O)NCCCNC(=O)c2ccccc2-n2cnnc2)cc1. The Bertz CT molecular complexity index is 1030. The van der Waals surface area contributed by atoms with Gasteiger partial charge in [-0.2, -0.15) is 0 Å². The quantitative estimate of drug-likeness (QED) is 0.561. The molecule has 2 N–H and O–H groups in total. The lowest BCUT2D eigenvalue weighted by molar-refractivity contribution is 0.0953. The van der Waals surface area contributed by atoms with Crippen molar-refractivity contribution in [3.8, 4) is 5.69 Å². The first-order valence-electron chi connectivity index (χ1n) is 8.76. The highest BCUT2D eigenvalue weighted by molar-refractivity contribution is 7.89. The van der Waals surface area contributed by atoms with E-state index in [-0.39, 0.29) is 17.3 Å². The number of nitrogens with zero attached hydrogens (tertiary/aromatic N) is 3. The Balaban J connectivity index is 1.51. The minimum atomic E-state index is -3.55. The zero-order valence-electron chi connectivity index (χ0n) is 15.4. The Labute approximate surface area is 163 Å². The highest BCUT2D eigenvalue weighted by Gasteiger charge is 2.14. The zero-order chi connectivity index (χ0) is 20.0. The number of hydrogen-bond acceptors (Lipinski definition) is 5. The topological polar surface area (TPSA) is 106 Å². The van der Waals surface area contributed by atoms with Gasteiger partial charge in [-0.3, -0.25) is 9.36 Å². The molecule has 0 radical (unpaired) electrons. The molecule has 3 rings (SSSR count). The van der Waals surface area contributed by atoms with E-state index >= 15 is 0 Å². The fourth-order valence-corrected chi connectivity index (χ4v) is 3.68. The fourth-order valence-electron chi connectivity index (χ4n) is 2.61.